The molecule has 0 atom stereocenters. The molecule has 1 aromatic heterocycles. The molecule has 1 aliphatic rings. The second kappa shape index (κ2) is 8.00. The summed E-state index contributed by atoms with van der Waals surface area (Å²) >= 11 is 0. The van der Waals surface area contributed by atoms with E-state index in [2.05, 4.69) is 0 Å². The van der Waals surface area contributed by atoms with E-state index in [1.165, 1.54) is 39.1 Å². The van der Waals surface area contributed by atoms with Gasteiger partial charge in [-0.3, -0.25) is 4.79 Å². The van der Waals surface area contributed by atoms with Crippen LogP contribution in [0.25, 0.3) is 0 Å². The maximum absolute atomic E-state index is 13.9. The van der Waals surface area contributed by atoms with Crippen LogP contribution in [-0.2, 0) is 23.6 Å². The van der Waals surface area contributed by atoms with E-state index in [1.807, 2.05) is 0 Å². The molecule has 1 amide bonds. The molecule has 0 radical (unpaired) electrons. The second-order valence-corrected chi connectivity index (χ2v) is 8.97. The van der Waals surface area contributed by atoms with Crippen molar-refractivity contribution in [2.24, 2.45) is 7.05 Å². The van der Waals surface area contributed by atoms with Crippen LogP contribution in [0.15, 0.2) is 35.4 Å². The Labute approximate surface area is 163 Å². The third kappa shape index (κ3) is 4.10. The lowest BCUT2D eigenvalue weighted by Crippen LogP contribution is -2.35. The molecule has 1 fully saturated rings. The monoisotopic (exact) mass is 411 g/mol. The van der Waals surface area contributed by atoms with Gasteiger partial charge < -0.3 is 9.47 Å². The first-order chi connectivity index (χ1) is 13.2. The summed E-state index contributed by atoms with van der Waals surface area (Å²) in [6.45, 7) is 0.888. The van der Waals surface area contributed by atoms with Gasteiger partial charge in [0.15, 0.2) is 0 Å². The lowest BCUT2D eigenvalue weighted by Gasteiger charge is -2.25. The Morgan fingerprint density at radius 2 is 1.82 bits per heavy atom. The summed E-state index contributed by atoms with van der Waals surface area (Å²) in [5, 5.41) is 0. The zero-order chi connectivity index (χ0) is 20.5. The summed E-state index contributed by atoms with van der Waals surface area (Å²) in [7, 11) is -0.578. The van der Waals surface area contributed by atoms with Crippen molar-refractivity contribution < 1.29 is 22.0 Å². The van der Waals surface area contributed by atoms with Gasteiger partial charge in [-0.25, -0.2) is 17.2 Å². The highest BCUT2D eigenvalue weighted by Gasteiger charge is 2.29. The number of sulfonamides is 1. The van der Waals surface area contributed by atoms with E-state index in [1.54, 1.807) is 7.05 Å². The largest absolute Gasteiger partial charge is 0.345 e. The molecule has 6 nitrogen and oxygen atoms in total. The van der Waals surface area contributed by atoms with Crippen LogP contribution in [0.4, 0.5) is 8.78 Å². The van der Waals surface area contributed by atoms with Crippen LogP contribution in [0.1, 0.15) is 35.3 Å². The van der Waals surface area contributed by atoms with E-state index < -0.39 is 27.6 Å². The molecule has 0 saturated carbocycles. The average molecular weight is 411 g/mol. The molecule has 9 heteroatoms. The predicted molar refractivity (Wildman–Crippen MR) is 100 cm³/mol. The third-order valence-electron chi connectivity index (χ3n) is 4.92. The van der Waals surface area contributed by atoms with Crippen molar-refractivity contribution in [2.45, 2.75) is 30.7 Å². The number of hydrogen-bond acceptors (Lipinski definition) is 3. The van der Waals surface area contributed by atoms with Crippen molar-refractivity contribution in [3.8, 4) is 0 Å². The lowest BCUT2D eigenvalue weighted by molar-refractivity contribution is 0.0774. The van der Waals surface area contributed by atoms with Crippen molar-refractivity contribution in [3.05, 3.63) is 53.4 Å². The molecule has 0 aliphatic carbocycles. The minimum Gasteiger partial charge on any atom is -0.345 e. The van der Waals surface area contributed by atoms with Crippen LogP contribution < -0.4 is 0 Å². The Hall–Kier alpha value is -2.26. The fraction of sp³-hybridized carbons (Fsp3) is 0.421. The number of amides is 1. The van der Waals surface area contributed by atoms with Gasteiger partial charge in [0.25, 0.3) is 5.91 Å². The van der Waals surface area contributed by atoms with E-state index in [-0.39, 0.29) is 22.7 Å². The van der Waals surface area contributed by atoms with Crippen LogP contribution in [0.5, 0.6) is 0 Å². The Balaban J connectivity index is 1.80. The van der Waals surface area contributed by atoms with Gasteiger partial charge in [0.2, 0.25) is 10.0 Å². The zero-order valence-corrected chi connectivity index (χ0v) is 16.7. The van der Waals surface area contributed by atoms with E-state index in [0.717, 1.165) is 31.4 Å². The SMILES string of the molecule is CN(Cc1ccc(F)cc1F)C(=O)c1cc(S(=O)(=O)N2CCCCC2)cn1C. The van der Waals surface area contributed by atoms with Gasteiger partial charge in [0, 0.05) is 51.6 Å². The molecular formula is C19H23F2N3O3S. The number of aromatic nitrogens is 1. The fourth-order valence-corrected chi connectivity index (χ4v) is 4.90. The van der Waals surface area contributed by atoms with Crippen molar-refractivity contribution in [1.82, 2.24) is 13.8 Å². The minimum atomic E-state index is -3.65. The van der Waals surface area contributed by atoms with Crippen LogP contribution in [-0.4, -0.2) is 48.2 Å². The highest BCUT2D eigenvalue weighted by molar-refractivity contribution is 7.89. The number of piperidine rings is 1. The van der Waals surface area contributed by atoms with Crippen molar-refractivity contribution in [2.75, 3.05) is 20.1 Å². The van der Waals surface area contributed by atoms with Gasteiger partial charge in [-0.1, -0.05) is 12.5 Å². The van der Waals surface area contributed by atoms with Gasteiger partial charge in [0.05, 0.1) is 0 Å². The number of halogens is 2. The van der Waals surface area contributed by atoms with Gasteiger partial charge in [-0.2, -0.15) is 4.31 Å². The summed E-state index contributed by atoms with van der Waals surface area (Å²) in [5.41, 5.74) is 0.355. The number of aryl methyl sites for hydroxylation is 1. The van der Waals surface area contributed by atoms with Gasteiger partial charge in [0.1, 0.15) is 22.2 Å². The first-order valence-corrected chi connectivity index (χ1v) is 10.5. The highest BCUT2D eigenvalue weighted by Crippen LogP contribution is 2.23. The van der Waals surface area contributed by atoms with Gasteiger partial charge in [-0.05, 0) is 25.0 Å². The minimum absolute atomic E-state index is 0.0651. The Kier molecular flexibility index (Phi) is 5.85. The summed E-state index contributed by atoms with van der Waals surface area (Å²) in [6, 6.07) is 4.53. The molecule has 1 aromatic carbocycles. The maximum Gasteiger partial charge on any atom is 0.270 e. The maximum atomic E-state index is 13.9. The van der Waals surface area contributed by atoms with Crippen molar-refractivity contribution in [3.63, 3.8) is 0 Å². The van der Waals surface area contributed by atoms with Crippen molar-refractivity contribution in [1.29, 1.82) is 0 Å². The molecule has 2 heterocycles. The molecular weight excluding hydrogens is 388 g/mol. The van der Waals surface area contributed by atoms with Crippen LogP contribution in [0, 0.1) is 11.6 Å². The van der Waals surface area contributed by atoms with Gasteiger partial charge in [-0.15, -0.1) is 0 Å². The number of carbonyl (C=O) groups excluding carboxylic acids is 1. The summed E-state index contributed by atoms with van der Waals surface area (Å²) < 4.78 is 55.4. The number of benzene rings is 1. The summed E-state index contributed by atoms with van der Waals surface area (Å²) in [4.78, 5) is 14.1. The van der Waals surface area contributed by atoms with E-state index >= 15 is 0 Å². The standard InChI is InChI=1S/C19H23F2N3O3S/c1-22-13-16(28(26,27)24-8-4-3-5-9-24)11-18(22)19(25)23(2)12-14-6-7-15(20)10-17(14)21/h6-7,10-11,13H,3-5,8-9,12H2,1-2H3. The molecule has 1 aliphatic heterocycles. The number of carbonyl (C=O) groups is 1. The molecule has 3 rings (SSSR count). The smallest absolute Gasteiger partial charge is 0.270 e. The first kappa shape index (κ1) is 20.5. The van der Waals surface area contributed by atoms with Crippen LogP contribution in [0.3, 0.4) is 0 Å². The topological polar surface area (TPSA) is 62.6 Å². The lowest BCUT2D eigenvalue weighted by atomic mass is 10.2. The van der Waals surface area contributed by atoms with E-state index in [4.69, 9.17) is 0 Å². The average Bonchev–Trinajstić information content (AvgIpc) is 3.06. The third-order valence-corrected chi connectivity index (χ3v) is 6.79. The molecule has 0 spiro atoms. The van der Waals surface area contributed by atoms with Crippen molar-refractivity contribution >= 4 is 15.9 Å². The first-order valence-electron chi connectivity index (χ1n) is 9.06. The summed E-state index contributed by atoms with van der Waals surface area (Å²) in [5.74, 6) is -1.88. The molecule has 152 valence electrons. The quantitative estimate of drug-likeness (QED) is 0.760. The predicted octanol–water partition coefficient (Wildman–Crippen LogP) is 2.75. The number of rotatable bonds is 5. The van der Waals surface area contributed by atoms with E-state index in [9.17, 15) is 22.0 Å². The molecule has 28 heavy (non-hydrogen) atoms. The van der Waals surface area contributed by atoms with Crippen LogP contribution in [0.2, 0.25) is 0 Å². The molecule has 1 saturated heterocycles. The Bertz CT molecular complexity index is 982. The highest BCUT2D eigenvalue weighted by atomic mass is 32.2. The normalized spacial score (nSPS) is 15.6. The number of hydrogen-bond donors (Lipinski definition) is 0. The van der Waals surface area contributed by atoms with Crippen LogP contribution >= 0.6 is 0 Å². The fourth-order valence-electron chi connectivity index (χ4n) is 3.32. The Morgan fingerprint density at radius 1 is 1.14 bits per heavy atom. The molecule has 0 bridgehead atoms. The van der Waals surface area contributed by atoms with E-state index in [0.29, 0.717) is 13.1 Å². The Morgan fingerprint density at radius 3 is 2.46 bits per heavy atom. The molecule has 2 aromatic rings. The summed E-state index contributed by atoms with van der Waals surface area (Å²) in [6.07, 6.45) is 4.08. The zero-order valence-electron chi connectivity index (χ0n) is 15.9. The van der Waals surface area contributed by atoms with Gasteiger partial charge >= 0.3 is 0 Å². The second-order valence-electron chi connectivity index (χ2n) is 7.03. The molecule has 0 N–H and O–H groups in total. The molecule has 0 unspecified atom stereocenters. The number of nitrogens with zero attached hydrogens (tertiary/aromatic N) is 3.